The maximum absolute atomic E-state index is 11.8. The summed E-state index contributed by atoms with van der Waals surface area (Å²) in [6, 6.07) is 13.1. The number of aromatic nitrogens is 1. The highest BCUT2D eigenvalue weighted by molar-refractivity contribution is 5.86. The fourth-order valence-electron chi connectivity index (χ4n) is 1.47. The van der Waals surface area contributed by atoms with E-state index in [1.807, 2.05) is 30.3 Å². The van der Waals surface area contributed by atoms with E-state index in [9.17, 15) is 4.79 Å². The summed E-state index contributed by atoms with van der Waals surface area (Å²) < 4.78 is 5.20. The molecule has 4 heteroatoms. The van der Waals surface area contributed by atoms with Gasteiger partial charge in [0.05, 0.1) is 11.9 Å². The molecule has 1 aromatic heterocycles. The molecule has 0 saturated carbocycles. The fourth-order valence-corrected chi connectivity index (χ4v) is 1.47. The molecule has 0 fully saturated rings. The van der Waals surface area contributed by atoms with Gasteiger partial charge in [-0.25, -0.2) is 4.79 Å². The summed E-state index contributed by atoms with van der Waals surface area (Å²) in [5.41, 5.74) is 1.67. The first-order chi connectivity index (χ1) is 8.77. The lowest BCUT2D eigenvalue weighted by Gasteiger charge is -2.16. The van der Waals surface area contributed by atoms with Gasteiger partial charge in [0.15, 0.2) is 0 Å². The van der Waals surface area contributed by atoms with Crippen molar-refractivity contribution in [1.29, 1.82) is 0 Å². The summed E-state index contributed by atoms with van der Waals surface area (Å²) in [5, 5.41) is 0. The van der Waals surface area contributed by atoms with E-state index in [1.54, 1.807) is 31.6 Å². The van der Waals surface area contributed by atoms with E-state index in [0.717, 1.165) is 5.56 Å². The van der Waals surface area contributed by atoms with Gasteiger partial charge in [0.2, 0.25) is 0 Å². The summed E-state index contributed by atoms with van der Waals surface area (Å²) >= 11 is 0. The number of amides is 1. The molecule has 1 heterocycles. The second-order valence-corrected chi connectivity index (χ2v) is 3.81. The van der Waals surface area contributed by atoms with Gasteiger partial charge in [0.1, 0.15) is 6.61 Å². The zero-order valence-corrected chi connectivity index (χ0v) is 10.1. The van der Waals surface area contributed by atoms with Crippen molar-refractivity contribution in [2.24, 2.45) is 0 Å². The standard InChI is InChI=1S/C14H14N2O2/c1-16(13-8-5-9-15-10-13)14(17)18-11-12-6-3-2-4-7-12/h2-10H,11H2,1H3. The van der Waals surface area contributed by atoms with Gasteiger partial charge in [-0.15, -0.1) is 0 Å². The number of rotatable bonds is 3. The number of ether oxygens (including phenoxy) is 1. The fraction of sp³-hybridized carbons (Fsp3) is 0.143. The SMILES string of the molecule is CN(C(=O)OCc1ccccc1)c1cccnc1. The predicted molar refractivity (Wildman–Crippen MR) is 69.3 cm³/mol. The van der Waals surface area contributed by atoms with Crippen molar-refractivity contribution < 1.29 is 9.53 Å². The van der Waals surface area contributed by atoms with Gasteiger partial charge in [-0.3, -0.25) is 9.88 Å². The van der Waals surface area contributed by atoms with E-state index in [4.69, 9.17) is 4.74 Å². The molecule has 0 atom stereocenters. The summed E-state index contributed by atoms with van der Waals surface area (Å²) in [4.78, 5) is 17.2. The van der Waals surface area contributed by atoms with E-state index in [2.05, 4.69) is 4.98 Å². The second-order valence-electron chi connectivity index (χ2n) is 3.81. The number of hydrogen-bond acceptors (Lipinski definition) is 3. The molecule has 0 radical (unpaired) electrons. The number of nitrogens with zero attached hydrogens (tertiary/aromatic N) is 2. The molecular weight excluding hydrogens is 228 g/mol. The predicted octanol–water partition coefficient (Wildman–Crippen LogP) is 2.85. The van der Waals surface area contributed by atoms with E-state index in [1.165, 1.54) is 4.90 Å². The van der Waals surface area contributed by atoms with Gasteiger partial charge in [0, 0.05) is 13.2 Å². The quantitative estimate of drug-likeness (QED) is 0.831. The number of benzene rings is 1. The number of carbonyl (C=O) groups excluding carboxylic acids is 1. The highest BCUT2D eigenvalue weighted by atomic mass is 16.6. The maximum Gasteiger partial charge on any atom is 0.414 e. The van der Waals surface area contributed by atoms with Crippen LogP contribution in [-0.4, -0.2) is 18.1 Å². The van der Waals surface area contributed by atoms with Gasteiger partial charge >= 0.3 is 6.09 Å². The molecule has 1 amide bonds. The van der Waals surface area contributed by atoms with Gasteiger partial charge in [0.25, 0.3) is 0 Å². The topological polar surface area (TPSA) is 42.4 Å². The van der Waals surface area contributed by atoms with Crippen molar-refractivity contribution in [3.8, 4) is 0 Å². The third-order valence-corrected chi connectivity index (χ3v) is 2.51. The molecule has 92 valence electrons. The van der Waals surface area contributed by atoms with Crippen LogP contribution in [0, 0.1) is 0 Å². The van der Waals surface area contributed by atoms with Gasteiger partial charge in [-0.2, -0.15) is 0 Å². The van der Waals surface area contributed by atoms with Crippen LogP contribution in [-0.2, 0) is 11.3 Å². The number of anilines is 1. The van der Waals surface area contributed by atoms with Gasteiger partial charge in [-0.1, -0.05) is 30.3 Å². The Balaban J connectivity index is 1.93. The normalized spacial score (nSPS) is 9.83. The van der Waals surface area contributed by atoms with Crippen LogP contribution in [0.4, 0.5) is 10.5 Å². The highest BCUT2D eigenvalue weighted by Gasteiger charge is 2.11. The number of pyridine rings is 1. The molecule has 0 spiro atoms. The summed E-state index contributed by atoms with van der Waals surface area (Å²) in [6.45, 7) is 0.268. The van der Waals surface area contributed by atoms with Crippen molar-refractivity contribution in [2.45, 2.75) is 6.61 Å². The Morgan fingerprint density at radius 1 is 1.22 bits per heavy atom. The molecule has 0 saturated heterocycles. The Morgan fingerprint density at radius 3 is 2.67 bits per heavy atom. The molecule has 0 bridgehead atoms. The average molecular weight is 242 g/mol. The first kappa shape index (κ1) is 12.1. The lowest BCUT2D eigenvalue weighted by atomic mass is 10.2. The van der Waals surface area contributed by atoms with Crippen LogP contribution in [0.2, 0.25) is 0 Å². The molecule has 1 aromatic carbocycles. The number of carbonyl (C=O) groups is 1. The monoisotopic (exact) mass is 242 g/mol. The van der Waals surface area contributed by atoms with E-state index < -0.39 is 6.09 Å². The molecule has 2 aromatic rings. The largest absolute Gasteiger partial charge is 0.444 e. The maximum atomic E-state index is 11.8. The van der Waals surface area contributed by atoms with E-state index >= 15 is 0 Å². The Hall–Kier alpha value is -2.36. The second kappa shape index (κ2) is 5.82. The summed E-state index contributed by atoms with van der Waals surface area (Å²) in [5.74, 6) is 0. The van der Waals surface area contributed by atoms with Crippen LogP contribution in [0.3, 0.4) is 0 Å². The molecule has 0 aliphatic carbocycles. The van der Waals surface area contributed by atoms with Crippen LogP contribution >= 0.6 is 0 Å². The molecule has 0 aliphatic rings. The minimum atomic E-state index is -0.396. The third-order valence-electron chi connectivity index (χ3n) is 2.51. The molecule has 0 aliphatic heterocycles. The minimum Gasteiger partial charge on any atom is -0.444 e. The lowest BCUT2D eigenvalue weighted by Crippen LogP contribution is -2.26. The zero-order valence-electron chi connectivity index (χ0n) is 10.1. The molecule has 0 N–H and O–H groups in total. The van der Waals surface area contributed by atoms with Crippen molar-refractivity contribution in [3.05, 3.63) is 60.4 Å². The van der Waals surface area contributed by atoms with Gasteiger partial charge < -0.3 is 4.74 Å². The molecule has 4 nitrogen and oxygen atoms in total. The Kier molecular flexibility index (Phi) is 3.91. The van der Waals surface area contributed by atoms with Crippen molar-refractivity contribution >= 4 is 11.8 Å². The van der Waals surface area contributed by atoms with Crippen LogP contribution in [0.5, 0.6) is 0 Å². The Bertz CT molecular complexity index is 500. The highest BCUT2D eigenvalue weighted by Crippen LogP contribution is 2.11. The van der Waals surface area contributed by atoms with E-state index in [-0.39, 0.29) is 6.61 Å². The zero-order chi connectivity index (χ0) is 12.8. The van der Waals surface area contributed by atoms with Crippen molar-refractivity contribution in [2.75, 3.05) is 11.9 Å². The van der Waals surface area contributed by atoms with Crippen molar-refractivity contribution in [1.82, 2.24) is 4.98 Å². The van der Waals surface area contributed by atoms with Crippen LogP contribution in [0.15, 0.2) is 54.9 Å². The van der Waals surface area contributed by atoms with Crippen LogP contribution in [0.1, 0.15) is 5.56 Å². The Labute approximate surface area is 106 Å². The van der Waals surface area contributed by atoms with Crippen LogP contribution in [0.25, 0.3) is 0 Å². The molecule has 0 unspecified atom stereocenters. The minimum absolute atomic E-state index is 0.268. The number of hydrogen-bond donors (Lipinski definition) is 0. The molecular formula is C14H14N2O2. The third kappa shape index (κ3) is 3.07. The molecule has 18 heavy (non-hydrogen) atoms. The first-order valence-electron chi connectivity index (χ1n) is 5.62. The Morgan fingerprint density at radius 2 is 2.00 bits per heavy atom. The first-order valence-corrected chi connectivity index (χ1v) is 5.62. The summed E-state index contributed by atoms with van der Waals surface area (Å²) in [7, 11) is 1.66. The average Bonchev–Trinajstić information content (AvgIpc) is 2.46. The molecule has 2 rings (SSSR count). The van der Waals surface area contributed by atoms with E-state index in [0.29, 0.717) is 5.69 Å². The van der Waals surface area contributed by atoms with Crippen LogP contribution < -0.4 is 4.90 Å². The lowest BCUT2D eigenvalue weighted by molar-refractivity contribution is 0.148. The summed E-state index contributed by atoms with van der Waals surface area (Å²) in [6.07, 6.45) is 2.88. The smallest absolute Gasteiger partial charge is 0.414 e. The van der Waals surface area contributed by atoms with Crippen molar-refractivity contribution in [3.63, 3.8) is 0 Å². The van der Waals surface area contributed by atoms with Gasteiger partial charge in [-0.05, 0) is 17.7 Å².